The van der Waals surface area contributed by atoms with Crippen molar-refractivity contribution in [1.82, 2.24) is 10.2 Å². The number of β-amino-alcohol motifs (C(OH)–C–C–N with tert-alkyl or cyclic N) is 1. The fraction of sp³-hybridized carbons (Fsp3) is 0.733. The molecule has 2 N–H and O–H groups in total. The first-order valence-electron chi connectivity index (χ1n) is 7.46. The average Bonchev–Trinajstić information content (AvgIpc) is 3.07. The zero-order valence-corrected chi connectivity index (χ0v) is 12.7. The number of aliphatic hydroxyl groups excluding tert-OH is 1. The van der Waals surface area contributed by atoms with E-state index in [0.29, 0.717) is 12.6 Å². The lowest BCUT2D eigenvalue weighted by molar-refractivity contribution is 0.120. The Kier molecular flexibility index (Phi) is 6.31. The van der Waals surface area contributed by atoms with Crippen LogP contribution in [-0.2, 0) is 0 Å². The Bertz CT molecular complexity index is 336. The van der Waals surface area contributed by atoms with Crippen molar-refractivity contribution in [2.24, 2.45) is 0 Å². The maximum Gasteiger partial charge on any atom is 0.0791 e. The molecule has 0 bridgehead atoms. The van der Waals surface area contributed by atoms with E-state index in [1.54, 1.807) is 11.3 Å². The van der Waals surface area contributed by atoms with Crippen LogP contribution in [0, 0.1) is 0 Å². The Morgan fingerprint density at radius 3 is 2.84 bits per heavy atom. The van der Waals surface area contributed by atoms with Gasteiger partial charge in [0.2, 0.25) is 0 Å². The van der Waals surface area contributed by atoms with Crippen molar-refractivity contribution < 1.29 is 5.11 Å². The van der Waals surface area contributed by atoms with Crippen molar-refractivity contribution >= 4 is 11.3 Å². The Labute approximate surface area is 120 Å². The molecule has 0 radical (unpaired) electrons. The number of likely N-dealkylation sites (tertiary alicyclic amines) is 1. The molecule has 1 aliphatic rings. The molecule has 2 rings (SSSR count). The van der Waals surface area contributed by atoms with Crippen LogP contribution in [0.1, 0.15) is 43.5 Å². The molecule has 2 heterocycles. The van der Waals surface area contributed by atoms with Crippen LogP contribution in [0.4, 0.5) is 0 Å². The predicted octanol–water partition coefficient (Wildman–Crippen LogP) is 2.64. The van der Waals surface area contributed by atoms with Crippen molar-refractivity contribution in [3.63, 3.8) is 0 Å². The summed E-state index contributed by atoms with van der Waals surface area (Å²) >= 11 is 1.80. The summed E-state index contributed by atoms with van der Waals surface area (Å²) in [5, 5.41) is 15.8. The molecule has 2 atom stereocenters. The van der Waals surface area contributed by atoms with Crippen molar-refractivity contribution in [3.8, 4) is 0 Å². The molecule has 1 saturated heterocycles. The van der Waals surface area contributed by atoms with Gasteiger partial charge in [0.1, 0.15) is 0 Å². The summed E-state index contributed by atoms with van der Waals surface area (Å²) in [5.41, 5.74) is 0. The molecule has 1 aliphatic heterocycles. The number of rotatable bonds is 8. The highest BCUT2D eigenvalue weighted by Gasteiger charge is 2.17. The number of hydrogen-bond donors (Lipinski definition) is 2. The Balaban J connectivity index is 1.74. The van der Waals surface area contributed by atoms with Gasteiger partial charge in [-0.05, 0) is 43.8 Å². The minimum Gasteiger partial charge on any atom is -0.390 e. The third-order valence-corrected chi connectivity index (χ3v) is 4.72. The zero-order valence-electron chi connectivity index (χ0n) is 11.8. The molecule has 0 aromatic carbocycles. The van der Waals surface area contributed by atoms with E-state index in [1.165, 1.54) is 17.7 Å². The van der Waals surface area contributed by atoms with Crippen molar-refractivity contribution in [3.05, 3.63) is 22.4 Å². The summed E-state index contributed by atoms with van der Waals surface area (Å²) in [6.45, 7) is 6.03. The summed E-state index contributed by atoms with van der Waals surface area (Å²) in [6, 6.07) is 4.69. The Morgan fingerprint density at radius 1 is 1.42 bits per heavy atom. The summed E-state index contributed by atoms with van der Waals surface area (Å²) in [5.74, 6) is 0. The minimum absolute atomic E-state index is 0.252. The third-order valence-electron chi connectivity index (χ3n) is 3.73. The van der Waals surface area contributed by atoms with Gasteiger partial charge in [0, 0.05) is 24.0 Å². The van der Waals surface area contributed by atoms with Crippen molar-refractivity contribution in [2.75, 3.05) is 26.2 Å². The predicted molar refractivity (Wildman–Crippen MR) is 81.7 cm³/mol. The van der Waals surface area contributed by atoms with Gasteiger partial charge in [0.15, 0.2) is 0 Å². The lowest BCUT2D eigenvalue weighted by atomic mass is 10.1. The molecular weight excluding hydrogens is 256 g/mol. The number of nitrogens with zero attached hydrogens (tertiary/aromatic N) is 1. The molecule has 19 heavy (non-hydrogen) atoms. The van der Waals surface area contributed by atoms with Crippen LogP contribution in [0.5, 0.6) is 0 Å². The first kappa shape index (κ1) is 15.0. The fourth-order valence-electron chi connectivity index (χ4n) is 2.73. The number of hydrogen-bond acceptors (Lipinski definition) is 4. The van der Waals surface area contributed by atoms with Crippen LogP contribution in [0.3, 0.4) is 0 Å². The topological polar surface area (TPSA) is 35.5 Å². The zero-order chi connectivity index (χ0) is 13.5. The average molecular weight is 282 g/mol. The van der Waals surface area contributed by atoms with E-state index in [0.717, 1.165) is 32.5 Å². The Morgan fingerprint density at radius 2 is 2.21 bits per heavy atom. The summed E-state index contributed by atoms with van der Waals surface area (Å²) in [6.07, 6.45) is 4.62. The number of aliphatic hydroxyl groups is 1. The molecule has 0 saturated carbocycles. The molecule has 0 aliphatic carbocycles. The third kappa shape index (κ3) is 4.88. The molecular formula is C15H26N2OS. The van der Waals surface area contributed by atoms with Crippen LogP contribution < -0.4 is 5.32 Å². The molecule has 0 amide bonds. The maximum atomic E-state index is 10.1. The largest absolute Gasteiger partial charge is 0.390 e. The minimum atomic E-state index is -0.252. The van der Waals surface area contributed by atoms with Gasteiger partial charge in [0.05, 0.1) is 6.10 Å². The van der Waals surface area contributed by atoms with E-state index < -0.39 is 0 Å². The summed E-state index contributed by atoms with van der Waals surface area (Å²) < 4.78 is 0. The quantitative estimate of drug-likeness (QED) is 0.769. The highest BCUT2D eigenvalue weighted by atomic mass is 32.1. The van der Waals surface area contributed by atoms with E-state index in [4.69, 9.17) is 0 Å². The van der Waals surface area contributed by atoms with Crippen LogP contribution in [0.2, 0.25) is 0 Å². The van der Waals surface area contributed by atoms with Gasteiger partial charge in [-0.15, -0.1) is 11.3 Å². The molecule has 4 heteroatoms. The van der Waals surface area contributed by atoms with Gasteiger partial charge in [0.25, 0.3) is 0 Å². The molecule has 1 aromatic heterocycles. The monoisotopic (exact) mass is 282 g/mol. The van der Waals surface area contributed by atoms with Gasteiger partial charge >= 0.3 is 0 Å². The van der Waals surface area contributed by atoms with Gasteiger partial charge in [-0.25, -0.2) is 0 Å². The second-order valence-electron chi connectivity index (χ2n) is 5.43. The summed E-state index contributed by atoms with van der Waals surface area (Å²) in [7, 11) is 0. The van der Waals surface area contributed by atoms with E-state index in [-0.39, 0.29) is 6.10 Å². The van der Waals surface area contributed by atoms with Gasteiger partial charge in [-0.3, -0.25) is 0 Å². The molecule has 2 unspecified atom stereocenters. The first-order valence-corrected chi connectivity index (χ1v) is 8.34. The molecule has 0 spiro atoms. The van der Waals surface area contributed by atoms with E-state index >= 15 is 0 Å². The molecule has 3 nitrogen and oxygen atoms in total. The second kappa shape index (κ2) is 8.00. The summed E-state index contributed by atoms with van der Waals surface area (Å²) in [4.78, 5) is 3.75. The van der Waals surface area contributed by atoms with Crippen LogP contribution >= 0.6 is 11.3 Å². The lowest BCUT2D eigenvalue weighted by Gasteiger charge is -2.22. The van der Waals surface area contributed by atoms with Crippen molar-refractivity contribution in [2.45, 2.75) is 44.8 Å². The molecule has 1 aromatic rings. The van der Waals surface area contributed by atoms with Crippen LogP contribution in [0.15, 0.2) is 17.5 Å². The molecule has 108 valence electrons. The second-order valence-corrected chi connectivity index (χ2v) is 6.41. The van der Waals surface area contributed by atoms with E-state index in [9.17, 15) is 5.11 Å². The van der Waals surface area contributed by atoms with E-state index in [1.807, 2.05) is 0 Å². The SMILES string of the molecule is CCCC(NCC(O)CN1CCCC1)c1cccs1. The fourth-order valence-corrected chi connectivity index (χ4v) is 3.57. The Hall–Kier alpha value is -0.420. The van der Waals surface area contributed by atoms with E-state index in [2.05, 4.69) is 34.7 Å². The lowest BCUT2D eigenvalue weighted by Crippen LogP contribution is -2.38. The van der Waals surface area contributed by atoms with Crippen molar-refractivity contribution in [1.29, 1.82) is 0 Å². The first-order chi connectivity index (χ1) is 9.29. The van der Waals surface area contributed by atoms with Gasteiger partial charge in [-0.1, -0.05) is 19.4 Å². The number of nitrogens with one attached hydrogen (secondary N) is 1. The number of thiophene rings is 1. The standard InChI is InChI=1S/C15H26N2OS/c1-2-6-14(15-7-5-10-19-15)16-11-13(18)12-17-8-3-4-9-17/h5,7,10,13-14,16,18H,2-4,6,8-9,11-12H2,1H3. The maximum absolute atomic E-state index is 10.1. The molecule has 1 fully saturated rings. The normalized spacial score (nSPS) is 19.7. The smallest absolute Gasteiger partial charge is 0.0791 e. The van der Waals surface area contributed by atoms with Gasteiger partial charge in [-0.2, -0.15) is 0 Å². The highest BCUT2D eigenvalue weighted by Crippen LogP contribution is 2.23. The highest BCUT2D eigenvalue weighted by molar-refractivity contribution is 7.10. The van der Waals surface area contributed by atoms with Crippen LogP contribution in [0.25, 0.3) is 0 Å². The van der Waals surface area contributed by atoms with Gasteiger partial charge < -0.3 is 15.3 Å². The van der Waals surface area contributed by atoms with Crippen LogP contribution in [-0.4, -0.2) is 42.3 Å².